The minimum absolute atomic E-state index is 0.0931. The summed E-state index contributed by atoms with van der Waals surface area (Å²) in [6, 6.07) is 4.93. The fourth-order valence-corrected chi connectivity index (χ4v) is 3.87. The molecule has 12 heteroatoms. The van der Waals surface area contributed by atoms with Gasteiger partial charge in [-0.15, -0.1) is 0 Å². The van der Waals surface area contributed by atoms with Gasteiger partial charge in [0.05, 0.1) is 24.8 Å². The summed E-state index contributed by atoms with van der Waals surface area (Å²) < 4.78 is 28.4. The highest BCUT2D eigenvalue weighted by molar-refractivity contribution is 6.02. The molecule has 10 nitrogen and oxygen atoms in total. The number of aryl methyl sites for hydroxylation is 2. The average Bonchev–Trinajstić information content (AvgIpc) is 2.92. The van der Waals surface area contributed by atoms with Gasteiger partial charge in [0.15, 0.2) is 0 Å². The van der Waals surface area contributed by atoms with Crippen molar-refractivity contribution in [1.82, 2.24) is 20.9 Å². The Labute approximate surface area is 233 Å². The maximum Gasteiger partial charge on any atom is 0.324 e. The molecule has 0 spiro atoms. The van der Waals surface area contributed by atoms with Crippen molar-refractivity contribution in [3.8, 4) is 0 Å². The van der Waals surface area contributed by atoms with Crippen molar-refractivity contribution in [3.63, 3.8) is 0 Å². The Balaban J connectivity index is 2.34. The van der Waals surface area contributed by atoms with E-state index in [1.54, 1.807) is 32.2 Å². The number of amides is 3. The normalized spacial score (nSPS) is 12.3. The molecule has 0 heterocycles. The summed E-state index contributed by atoms with van der Waals surface area (Å²) in [6.45, 7) is 6.01. The second kappa shape index (κ2) is 16.0. The SMILES string of the molecule is CCc1cc(CN(CC=N)C(=O)NC(=Nc2cc(C=NC(CC)CCNC)c(N)cc2C)NC=O)c(F)cc1F. The third-order valence-corrected chi connectivity index (χ3v) is 6.23. The van der Waals surface area contributed by atoms with Gasteiger partial charge in [-0.05, 0) is 69.1 Å². The van der Waals surface area contributed by atoms with Crippen LogP contribution in [0.4, 0.5) is 25.0 Å². The van der Waals surface area contributed by atoms with E-state index in [4.69, 9.17) is 11.1 Å². The second-order valence-corrected chi connectivity index (χ2v) is 9.13. The summed E-state index contributed by atoms with van der Waals surface area (Å²) >= 11 is 0. The standard InChI is InChI=1S/C28H38F2N8O2/c1-5-19-12-21(24(30)14-23(19)29)16-38(10-8-31)28(40)37-27(35-17-39)36-26-13-20(25(32)11-18(26)3)15-34-22(6-2)7-9-33-4/h8,11-15,17,22,31,33H,5-7,9-10,16,32H2,1-4H3,(H2,35,36,37,39,40). The molecule has 0 saturated heterocycles. The third-order valence-electron chi connectivity index (χ3n) is 6.23. The van der Waals surface area contributed by atoms with E-state index in [1.807, 2.05) is 7.05 Å². The fraction of sp³-hybridized carbons (Fsp3) is 0.393. The second-order valence-electron chi connectivity index (χ2n) is 9.13. The minimum atomic E-state index is -0.805. The number of aliphatic imine (C=N–C) groups is 2. The van der Waals surface area contributed by atoms with Crippen LogP contribution in [0.5, 0.6) is 0 Å². The van der Waals surface area contributed by atoms with Crippen LogP contribution in [0.1, 0.15) is 48.9 Å². The number of anilines is 1. The molecule has 2 rings (SSSR count). The molecule has 0 aliphatic carbocycles. The van der Waals surface area contributed by atoms with Crippen LogP contribution in [-0.4, -0.2) is 61.9 Å². The van der Waals surface area contributed by atoms with Crippen LogP contribution in [-0.2, 0) is 17.8 Å². The van der Waals surface area contributed by atoms with Crippen molar-refractivity contribution in [2.75, 3.05) is 25.9 Å². The largest absolute Gasteiger partial charge is 0.398 e. The molecule has 3 amide bonds. The monoisotopic (exact) mass is 556 g/mol. The van der Waals surface area contributed by atoms with E-state index in [1.165, 1.54) is 6.07 Å². The molecule has 0 saturated carbocycles. The fourth-order valence-electron chi connectivity index (χ4n) is 3.87. The summed E-state index contributed by atoms with van der Waals surface area (Å²) in [6.07, 6.45) is 5.10. The van der Waals surface area contributed by atoms with E-state index in [9.17, 15) is 18.4 Å². The van der Waals surface area contributed by atoms with Crippen LogP contribution in [0, 0.1) is 24.0 Å². The van der Waals surface area contributed by atoms with Gasteiger partial charge in [-0.25, -0.2) is 18.6 Å². The zero-order chi connectivity index (χ0) is 29.7. The third kappa shape index (κ3) is 9.23. The molecule has 1 unspecified atom stereocenters. The van der Waals surface area contributed by atoms with Crippen LogP contribution >= 0.6 is 0 Å². The van der Waals surface area contributed by atoms with Gasteiger partial charge in [-0.2, -0.15) is 0 Å². The maximum atomic E-state index is 14.5. The molecule has 0 bridgehead atoms. The molecular formula is C28H38F2N8O2. The van der Waals surface area contributed by atoms with Crippen LogP contribution in [0.15, 0.2) is 34.3 Å². The van der Waals surface area contributed by atoms with Crippen LogP contribution in [0.3, 0.4) is 0 Å². The zero-order valence-electron chi connectivity index (χ0n) is 23.4. The molecule has 0 aromatic heterocycles. The molecule has 6 N–H and O–H groups in total. The van der Waals surface area contributed by atoms with Gasteiger partial charge in [0.2, 0.25) is 12.4 Å². The molecule has 40 heavy (non-hydrogen) atoms. The Bertz CT molecular complexity index is 1250. The van der Waals surface area contributed by atoms with Gasteiger partial charge in [-0.1, -0.05) is 13.8 Å². The number of rotatable bonds is 13. The first kappa shape index (κ1) is 32.0. The Morgan fingerprint density at radius 1 is 1.18 bits per heavy atom. The maximum absolute atomic E-state index is 14.5. The quantitative estimate of drug-likeness (QED) is 0.110. The molecule has 0 fully saturated rings. The van der Waals surface area contributed by atoms with E-state index in [2.05, 4.69) is 32.9 Å². The van der Waals surface area contributed by atoms with E-state index in [0.717, 1.165) is 36.6 Å². The lowest BCUT2D eigenvalue weighted by atomic mass is 10.1. The smallest absolute Gasteiger partial charge is 0.324 e. The van der Waals surface area contributed by atoms with E-state index in [-0.39, 0.29) is 30.7 Å². The number of guanidine groups is 1. The highest BCUT2D eigenvalue weighted by atomic mass is 19.1. The van der Waals surface area contributed by atoms with Gasteiger partial charge in [0.25, 0.3) is 0 Å². The Morgan fingerprint density at radius 3 is 2.52 bits per heavy atom. The number of nitrogens with two attached hydrogens (primary N) is 1. The zero-order valence-corrected chi connectivity index (χ0v) is 23.4. The Morgan fingerprint density at radius 2 is 1.90 bits per heavy atom. The molecule has 1 atom stereocenters. The van der Waals surface area contributed by atoms with E-state index in [0.29, 0.717) is 40.9 Å². The lowest BCUT2D eigenvalue weighted by molar-refractivity contribution is -0.108. The number of nitrogens with one attached hydrogen (secondary N) is 4. The number of urea groups is 1. The van der Waals surface area contributed by atoms with Crippen LogP contribution < -0.4 is 21.7 Å². The van der Waals surface area contributed by atoms with Crippen molar-refractivity contribution in [3.05, 3.63) is 58.2 Å². The molecule has 2 aromatic rings. The number of hydrogen-bond acceptors (Lipinski definition) is 7. The summed E-state index contributed by atoms with van der Waals surface area (Å²) in [5, 5.41) is 15.4. The molecule has 0 aliphatic rings. The predicted octanol–water partition coefficient (Wildman–Crippen LogP) is 3.82. The topological polar surface area (TPSA) is 148 Å². The number of nitrogen functional groups attached to an aromatic ring is 1. The number of benzene rings is 2. The highest BCUT2D eigenvalue weighted by Crippen LogP contribution is 2.25. The summed E-state index contributed by atoms with van der Waals surface area (Å²) in [5.74, 6) is -1.65. The molecule has 2 aromatic carbocycles. The molecule has 0 radical (unpaired) electrons. The summed E-state index contributed by atoms with van der Waals surface area (Å²) in [7, 11) is 1.88. The van der Waals surface area contributed by atoms with Gasteiger partial charge in [0.1, 0.15) is 11.6 Å². The van der Waals surface area contributed by atoms with Gasteiger partial charge in [-0.3, -0.25) is 20.4 Å². The first-order valence-electron chi connectivity index (χ1n) is 13.1. The first-order valence-corrected chi connectivity index (χ1v) is 13.1. The molecule has 216 valence electrons. The van der Waals surface area contributed by atoms with Crippen molar-refractivity contribution >= 4 is 42.2 Å². The number of nitrogens with zero attached hydrogens (tertiary/aromatic N) is 3. The first-order chi connectivity index (χ1) is 19.2. The van der Waals surface area contributed by atoms with Crippen LogP contribution in [0.2, 0.25) is 0 Å². The highest BCUT2D eigenvalue weighted by Gasteiger charge is 2.19. The predicted molar refractivity (Wildman–Crippen MR) is 156 cm³/mol. The van der Waals surface area contributed by atoms with E-state index >= 15 is 0 Å². The molecular weight excluding hydrogens is 518 g/mol. The molecule has 0 aliphatic heterocycles. The number of carbonyl (C=O) groups excluding carboxylic acids is 2. The number of halogens is 2. The number of carbonyl (C=O) groups is 2. The van der Waals surface area contributed by atoms with Gasteiger partial charge < -0.3 is 21.4 Å². The summed E-state index contributed by atoms with van der Waals surface area (Å²) in [4.78, 5) is 34.6. The Kier molecular flexibility index (Phi) is 12.8. The van der Waals surface area contributed by atoms with Gasteiger partial charge in [0, 0.05) is 35.3 Å². The van der Waals surface area contributed by atoms with Crippen molar-refractivity contribution < 1.29 is 18.4 Å². The van der Waals surface area contributed by atoms with Crippen molar-refractivity contribution in [1.29, 1.82) is 5.41 Å². The lowest BCUT2D eigenvalue weighted by Gasteiger charge is -2.22. The number of hydrogen-bond donors (Lipinski definition) is 5. The van der Waals surface area contributed by atoms with Crippen LogP contribution in [0.25, 0.3) is 0 Å². The minimum Gasteiger partial charge on any atom is -0.398 e. The van der Waals surface area contributed by atoms with Crippen molar-refractivity contribution in [2.45, 2.75) is 52.6 Å². The van der Waals surface area contributed by atoms with Crippen molar-refractivity contribution in [2.24, 2.45) is 9.98 Å². The van der Waals surface area contributed by atoms with Gasteiger partial charge >= 0.3 is 6.03 Å². The summed E-state index contributed by atoms with van der Waals surface area (Å²) in [5.41, 5.74) is 8.85. The lowest BCUT2D eigenvalue weighted by Crippen LogP contribution is -2.47. The Hall–Kier alpha value is -4.19. The average molecular weight is 557 g/mol. The van der Waals surface area contributed by atoms with E-state index < -0.39 is 17.7 Å².